The van der Waals surface area contributed by atoms with E-state index in [-0.39, 0.29) is 11.9 Å². The largest absolute Gasteiger partial charge is 0.384 e. The summed E-state index contributed by atoms with van der Waals surface area (Å²) in [7, 11) is 0. The average Bonchev–Trinajstić information content (AvgIpc) is 3.18. The number of hydrazone groups is 1. The van der Waals surface area contributed by atoms with Crippen molar-refractivity contribution in [1.29, 1.82) is 5.41 Å². The van der Waals surface area contributed by atoms with Crippen LogP contribution in [0.1, 0.15) is 30.9 Å². The van der Waals surface area contributed by atoms with Gasteiger partial charge >= 0.3 is 0 Å². The molecule has 9 nitrogen and oxygen atoms in total. The number of benzene rings is 1. The van der Waals surface area contributed by atoms with Gasteiger partial charge in [0.2, 0.25) is 0 Å². The Bertz CT molecular complexity index is 1160. The molecule has 160 valence electrons. The molecule has 1 fully saturated rings. The lowest BCUT2D eigenvalue weighted by Crippen LogP contribution is -2.34. The summed E-state index contributed by atoms with van der Waals surface area (Å²) in [6, 6.07) is 9.69. The number of allylic oxidation sites excluding steroid dienone is 1. The van der Waals surface area contributed by atoms with Gasteiger partial charge in [-0.2, -0.15) is 10.2 Å². The van der Waals surface area contributed by atoms with E-state index in [2.05, 4.69) is 21.9 Å². The van der Waals surface area contributed by atoms with Crippen molar-refractivity contribution < 1.29 is 4.74 Å². The molecule has 4 rings (SSSR count). The first-order valence-corrected chi connectivity index (χ1v) is 10.1. The van der Waals surface area contributed by atoms with Crippen LogP contribution in [0, 0.1) is 5.41 Å². The fourth-order valence-electron chi connectivity index (χ4n) is 4.04. The summed E-state index contributed by atoms with van der Waals surface area (Å²) in [4.78, 5) is 4.21. The summed E-state index contributed by atoms with van der Waals surface area (Å²) in [6.45, 7) is 7.17. The van der Waals surface area contributed by atoms with E-state index in [9.17, 15) is 0 Å². The van der Waals surface area contributed by atoms with E-state index in [0.29, 0.717) is 30.1 Å². The van der Waals surface area contributed by atoms with E-state index in [1.807, 2.05) is 42.3 Å². The van der Waals surface area contributed by atoms with Crippen molar-refractivity contribution in [3.63, 3.8) is 0 Å². The van der Waals surface area contributed by atoms with Crippen LogP contribution in [-0.2, 0) is 4.74 Å². The number of nitrogens with one attached hydrogen (secondary N) is 1. The lowest BCUT2D eigenvalue weighted by Gasteiger charge is -2.33. The number of aromatic nitrogens is 3. The van der Waals surface area contributed by atoms with Crippen molar-refractivity contribution in [2.24, 2.45) is 10.8 Å². The van der Waals surface area contributed by atoms with E-state index < -0.39 is 0 Å². The second-order valence-corrected chi connectivity index (χ2v) is 7.35. The highest BCUT2D eigenvalue weighted by atomic mass is 16.5. The molecule has 31 heavy (non-hydrogen) atoms. The van der Waals surface area contributed by atoms with Crippen molar-refractivity contribution in [3.05, 3.63) is 53.9 Å². The van der Waals surface area contributed by atoms with Crippen LogP contribution >= 0.6 is 0 Å². The summed E-state index contributed by atoms with van der Waals surface area (Å²) in [5.74, 6) is 0.377. The van der Waals surface area contributed by atoms with Crippen LogP contribution in [0.5, 0.6) is 0 Å². The standard InChI is InChI=1S/C22H26N8O/c1-3-18(29(26-2)16-7-9-31-10-8-16)17-12-19(30-20(17)22(25)27-13-28-30)14-5-4-6-15(11-14)21(23)24/h3-6,11-13,16H,2,7-10H2,1H3,(H3,23,24)(H2,25,27,28)/b18-3-. The van der Waals surface area contributed by atoms with Crippen molar-refractivity contribution in [2.45, 2.75) is 25.8 Å². The Hall–Kier alpha value is -3.72. The van der Waals surface area contributed by atoms with E-state index in [1.54, 1.807) is 10.6 Å². The number of nitrogens with zero attached hydrogens (tertiary/aromatic N) is 5. The fourth-order valence-corrected chi connectivity index (χ4v) is 4.04. The molecule has 0 atom stereocenters. The van der Waals surface area contributed by atoms with E-state index in [0.717, 1.165) is 35.4 Å². The lowest BCUT2D eigenvalue weighted by atomic mass is 10.0. The molecule has 0 aliphatic carbocycles. The molecule has 1 aromatic carbocycles. The van der Waals surface area contributed by atoms with Crippen LogP contribution in [-0.4, -0.2) is 51.4 Å². The summed E-state index contributed by atoms with van der Waals surface area (Å²) in [5, 5.41) is 18.5. The monoisotopic (exact) mass is 418 g/mol. The molecule has 3 heterocycles. The molecule has 0 amide bonds. The average molecular weight is 419 g/mol. The zero-order valence-corrected chi connectivity index (χ0v) is 17.5. The Balaban J connectivity index is 1.89. The Kier molecular flexibility index (Phi) is 5.68. The van der Waals surface area contributed by atoms with Crippen molar-refractivity contribution in [1.82, 2.24) is 19.6 Å². The van der Waals surface area contributed by atoms with Gasteiger partial charge in [-0.3, -0.25) is 10.4 Å². The molecule has 3 aromatic rings. The molecule has 1 aliphatic heterocycles. The van der Waals surface area contributed by atoms with E-state index in [1.165, 1.54) is 6.33 Å². The topological polar surface area (TPSA) is 131 Å². The molecule has 9 heteroatoms. The number of fused-ring (bicyclic) bond motifs is 1. The Labute approximate surface area is 180 Å². The molecular formula is C22H26N8O. The molecule has 0 spiro atoms. The minimum atomic E-state index is 0.00719. The van der Waals surface area contributed by atoms with Gasteiger partial charge in [-0.15, -0.1) is 0 Å². The second-order valence-electron chi connectivity index (χ2n) is 7.35. The third kappa shape index (κ3) is 3.75. The van der Waals surface area contributed by atoms with Crippen LogP contribution in [0.25, 0.3) is 22.5 Å². The zero-order chi connectivity index (χ0) is 22.0. The van der Waals surface area contributed by atoms with Crippen LogP contribution < -0.4 is 11.5 Å². The highest BCUT2D eigenvalue weighted by molar-refractivity contribution is 5.96. The molecule has 1 saturated heterocycles. The summed E-state index contributed by atoms with van der Waals surface area (Å²) >= 11 is 0. The molecule has 0 saturated carbocycles. The van der Waals surface area contributed by atoms with Gasteiger partial charge in [-0.1, -0.05) is 24.3 Å². The summed E-state index contributed by atoms with van der Waals surface area (Å²) < 4.78 is 7.28. The van der Waals surface area contributed by atoms with Gasteiger partial charge in [-0.25, -0.2) is 9.50 Å². The Morgan fingerprint density at radius 2 is 2.13 bits per heavy atom. The van der Waals surface area contributed by atoms with Gasteiger partial charge in [0.25, 0.3) is 0 Å². The van der Waals surface area contributed by atoms with Crippen molar-refractivity contribution >= 4 is 29.6 Å². The second kappa shape index (κ2) is 8.57. The predicted octanol–water partition coefficient (Wildman–Crippen LogP) is 2.72. The summed E-state index contributed by atoms with van der Waals surface area (Å²) in [5.41, 5.74) is 16.8. The molecule has 2 aromatic heterocycles. The third-order valence-corrected chi connectivity index (χ3v) is 5.54. The number of rotatable bonds is 6. The van der Waals surface area contributed by atoms with E-state index >= 15 is 0 Å². The van der Waals surface area contributed by atoms with Gasteiger partial charge in [-0.05, 0) is 31.9 Å². The maximum atomic E-state index is 7.77. The number of amidine groups is 1. The van der Waals surface area contributed by atoms with Crippen LogP contribution in [0.4, 0.5) is 5.82 Å². The number of hydrogen-bond donors (Lipinski definition) is 3. The molecule has 1 aliphatic rings. The molecule has 0 radical (unpaired) electrons. The minimum Gasteiger partial charge on any atom is -0.384 e. The first-order valence-electron chi connectivity index (χ1n) is 10.1. The quantitative estimate of drug-likeness (QED) is 0.320. The van der Waals surface area contributed by atoms with Gasteiger partial charge in [0.05, 0.1) is 17.4 Å². The smallest absolute Gasteiger partial charge is 0.152 e. The Morgan fingerprint density at radius 1 is 1.35 bits per heavy atom. The maximum absolute atomic E-state index is 7.77. The van der Waals surface area contributed by atoms with Gasteiger partial charge in [0, 0.05) is 36.6 Å². The summed E-state index contributed by atoms with van der Waals surface area (Å²) in [6.07, 6.45) is 5.16. The van der Waals surface area contributed by atoms with Crippen molar-refractivity contribution in [2.75, 3.05) is 18.9 Å². The number of anilines is 1. The van der Waals surface area contributed by atoms with Crippen LogP contribution in [0.15, 0.2) is 47.8 Å². The molecular weight excluding hydrogens is 392 g/mol. The normalized spacial score (nSPS) is 15.2. The van der Waals surface area contributed by atoms with E-state index in [4.69, 9.17) is 21.6 Å². The predicted molar refractivity (Wildman–Crippen MR) is 123 cm³/mol. The number of nitrogens with two attached hydrogens (primary N) is 2. The SMILES string of the molecule is C=NN(/C(=C\C)c1cc(-c2cccc(C(=N)N)c2)n2ncnc(N)c12)C1CCOCC1. The molecule has 5 N–H and O–H groups in total. The van der Waals surface area contributed by atoms with Gasteiger partial charge < -0.3 is 16.2 Å². The fraction of sp³-hybridized carbons (Fsp3) is 0.273. The highest BCUT2D eigenvalue weighted by Gasteiger charge is 2.27. The molecule has 0 unspecified atom stereocenters. The number of hydrogen-bond acceptors (Lipinski definition) is 7. The first kappa shape index (κ1) is 20.5. The van der Waals surface area contributed by atoms with Crippen LogP contribution in [0.2, 0.25) is 0 Å². The molecule has 0 bridgehead atoms. The number of nitrogen functional groups attached to an aromatic ring is 2. The minimum absolute atomic E-state index is 0.00719. The maximum Gasteiger partial charge on any atom is 0.152 e. The van der Waals surface area contributed by atoms with Crippen molar-refractivity contribution in [3.8, 4) is 11.3 Å². The van der Waals surface area contributed by atoms with Gasteiger partial charge in [0.15, 0.2) is 5.82 Å². The third-order valence-electron chi connectivity index (χ3n) is 5.54. The lowest BCUT2D eigenvalue weighted by molar-refractivity contribution is 0.0535. The van der Waals surface area contributed by atoms with Crippen LogP contribution in [0.3, 0.4) is 0 Å². The highest BCUT2D eigenvalue weighted by Crippen LogP contribution is 2.35. The van der Waals surface area contributed by atoms with Gasteiger partial charge in [0.1, 0.15) is 17.7 Å². The first-order chi connectivity index (χ1) is 15.0. The number of ether oxygens (including phenoxy) is 1. The zero-order valence-electron chi connectivity index (χ0n) is 17.5. The Morgan fingerprint density at radius 3 is 2.81 bits per heavy atom.